The summed E-state index contributed by atoms with van der Waals surface area (Å²) in [6.45, 7) is 3.02. The fraction of sp³-hybridized carbons (Fsp3) is 0.842. The van der Waals surface area contributed by atoms with Gasteiger partial charge in [0.2, 0.25) is 5.91 Å². The second kappa shape index (κ2) is 7.16. The van der Waals surface area contributed by atoms with Crippen molar-refractivity contribution in [1.29, 1.82) is 0 Å². The smallest absolute Gasteiger partial charge is 0.223 e. The minimum Gasteiger partial charge on any atom is -0.393 e. The number of carbonyl (C=O) groups is 1. The number of hydrogen-bond acceptors (Lipinski definition) is 2. The van der Waals surface area contributed by atoms with E-state index in [1.54, 1.807) is 0 Å². The normalized spacial score (nSPS) is 40.1. The van der Waals surface area contributed by atoms with Crippen LogP contribution in [0, 0.1) is 29.6 Å². The van der Waals surface area contributed by atoms with E-state index in [1.807, 2.05) is 0 Å². The van der Waals surface area contributed by atoms with E-state index < -0.39 is 0 Å². The molecule has 0 bridgehead atoms. The van der Waals surface area contributed by atoms with Gasteiger partial charge in [-0.2, -0.15) is 0 Å². The second-order valence-electron chi connectivity index (χ2n) is 7.62. The van der Waals surface area contributed by atoms with E-state index >= 15 is 0 Å². The van der Waals surface area contributed by atoms with Crippen LogP contribution in [-0.4, -0.2) is 23.7 Å². The lowest BCUT2D eigenvalue weighted by Gasteiger charge is -2.42. The molecule has 2 fully saturated rings. The van der Waals surface area contributed by atoms with Gasteiger partial charge in [-0.15, -0.1) is 0 Å². The van der Waals surface area contributed by atoms with Gasteiger partial charge < -0.3 is 10.4 Å². The Morgan fingerprint density at radius 2 is 2.05 bits per heavy atom. The van der Waals surface area contributed by atoms with Gasteiger partial charge in [0.25, 0.3) is 0 Å². The van der Waals surface area contributed by atoms with Gasteiger partial charge in [0.1, 0.15) is 0 Å². The van der Waals surface area contributed by atoms with Gasteiger partial charge in [0.05, 0.1) is 6.10 Å². The predicted molar refractivity (Wildman–Crippen MR) is 88.2 cm³/mol. The average Bonchev–Trinajstić information content (AvgIpc) is 2.96. The van der Waals surface area contributed by atoms with E-state index in [0.29, 0.717) is 23.7 Å². The summed E-state index contributed by atoms with van der Waals surface area (Å²) in [5.41, 5.74) is 0. The van der Waals surface area contributed by atoms with Gasteiger partial charge in [-0.25, -0.2) is 0 Å². The van der Waals surface area contributed by atoms with E-state index in [-0.39, 0.29) is 17.9 Å². The van der Waals surface area contributed by atoms with E-state index in [0.717, 1.165) is 38.6 Å². The van der Waals surface area contributed by atoms with Crippen molar-refractivity contribution in [3.8, 4) is 0 Å². The van der Waals surface area contributed by atoms with Crippen molar-refractivity contribution < 1.29 is 9.90 Å². The first-order chi connectivity index (χ1) is 10.7. The summed E-state index contributed by atoms with van der Waals surface area (Å²) in [5.74, 6) is 2.61. The van der Waals surface area contributed by atoms with Gasteiger partial charge in [-0.1, -0.05) is 38.3 Å². The van der Waals surface area contributed by atoms with Gasteiger partial charge >= 0.3 is 0 Å². The van der Waals surface area contributed by atoms with Crippen molar-refractivity contribution in [2.45, 2.75) is 64.4 Å². The third kappa shape index (κ3) is 3.24. The summed E-state index contributed by atoms with van der Waals surface area (Å²) in [5, 5.41) is 13.4. The maximum absolute atomic E-state index is 12.4. The van der Waals surface area contributed by atoms with Crippen LogP contribution in [0.2, 0.25) is 0 Å². The Morgan fingerprint density at radius 1 is 1.18 bits per heavy atom. The molecule has 0 aromatic rings. The van der Waals surface area contributed by atoms with E-state index in [9.17, 15) is 9.90 Å². The lowest BCUT2D eigenvalue weighted by molar-refractivity contribution is -0.125. The monoisotopic (exact) mass is 305 g/mol. The zero-order chi connectivity index (χ0) is 15.5. The van der Waals surface area contributed by atoms with Crippen molar-refractivity contribution in [1.82, 2.24) is 5.32 Å². The van der Waals surface area contributed by atoms with Crippen LogP contribution in [0.25, 0.3) is 0 Å². The highest BCUT2D eigenvalue weighted by molar-refractivity contribution is 5.79. The number of nitrogens with one attached hydrogen (secondary N) is 1. The van der Waals surface area contributed by atoms with Crippen LogP contribution in [0.5, 0.6) is 0 Å². The Hall–Kier alpha value is -0.830. The first-order valence-electron chi connectivity index (χ1n) is 9.34. The average molecular weight is 305 g/mol. The molecule has 0 aromatic carbocycles. The molecule has 2 N–H and O–H groups in total. The Balaban J connectivity index is 1.55. The van der Waals surface area contributed by atoms with Gasteiger partial charge in [0.15, 0.2) is 0 Å². The molecule has 0 aromatic heterocycles. The van der Waals surface area contributed by atoms with Crippen molar-refractivity contribution in [2.75, 3.05) is 6.54 Å². The molecule has 3 aliphatic carbocycles. The molecule has 124 valence electrons. The molecule has 1 amide bonds. The minimum absolute atomic E-state index is 0.155. The lowest BCUT2D eigenvalue weighted by atomic mass is 9.65. The molecule has 0 saturated heterocycles. The third-order valence-electron chi connectivity index (χ3n) is 6.22. The standard InChI is InChI=1S/C19H31NO2/c1-2-3-4-10-20-19(22)14-11-13-8-9-16-15(17(13)12-14)6-5-7-18(16)21/h8-9,13-18,21H,2-7,10-12H2,1H3,(H,20,22)/t13-,14+,15-,16+,17+,18-/m0/s1. The molecular formula is C19H31NO2. The number of aliphatic hydroxyl groups excluding tert-OH is 1. The van der Waals surface area contributed by atoms with Crippen LogP contribution < -0.4 is 5.32 Å². The highest BCUT2D eigenvalue weighted by Crippen LogP contribution is 2.51. The van der Waals surface area contributed by atoms with Crippen LogP contribution in [0.3, 0.4) is 0 Å². The first-order valence-corrected chi connectivity index (χ1v) is 9.34. The first kappa shape index (κ1) is 16.0. The number of amides is 1. The molecule has 0 unspecified atom stereocenters. The van der Waals surface area contributed by atoms with Crippen LogP contribution in [0.15, 0.2) is 12.2 Å². The lowest BCUT2D eigenvalue weighted by Crippen LogP contribution is -2.38. The van der Waals surface area contributed by atoms with E-state index in [2.05, 4.69) is 24.4 Å². The minimum atomic E-state index is -0.155. The molecule has 3 aliphatic rings. The zero-order valence-corrected chi connectivity index (χ0v) is 13.8. The molecule has 3 rings (SSSR count). The number of unbranched alkanes of at least 4 members (excludes halogenated alkanes) is 2. The molecule has 22 heavy (non-hydrogen) atoms. The summed E-state index contributed by atoms with van der Waals surface area (Å²) in [4.78, 5) is 12.4. The number of rotatable bonds is 5. The summed E-state index contributed by atoms with van der Waals surface area (Å²) in [7, 11) is 0. The Bertz CT molecular complexity index is 420. The Morgan fingerprint density at radius 3 is 2.86 bits per heavy atom. The summed E-state index contributed by atoms with van der Waals surface area (Å²) >= 11 is 0. The number of hydrogen-bond donors (Lipinski definition) is 2. The van der Waals surface area contributed by atoms with E-state index in [4.69, 9.17) is 0 Å². The second-order valence-corrected chi connectivity index (χ2v) is 7.62. The van der Waals surface area contributed by atoms with Crippen LogP contribution in [0.4, 0.5) is 0 Å². The van der Waals surface area contributed by atoms with Gasteiger partial charge in [-0.05, 0) is 49.9 Å². The maximum Gasteiger partial charge on any atom is 0.223 e. The number of fused-ring (bicyclic) bond motifs is 3. The molecule has 0 heterocycles. The Kier molecular flexibility index (Phi) is 5.22. The Labute approximate surface area is 134 Å². The van der Waals surface area contributed by atoms with Gasteiger partial charge in [-0.3, -0.25) is 4.79 Å². The fourth-order valence-corrected chi connectivity index (χ4v) is 5.04. The molecule has 2 saturated carbocycles. The molecule has 3 nitrogen and oxygen atoms in total. The quantitative estimate of drug-likeness (QED) is 0.605. The van der Waals surface area contributed by atoms with Crippen molar-refractivity contribution >= 4 is 5.91 Å². The number of carbonyl (C=O) groups excluding carboxylic acids is 1. The summed E-state index contributed by atoms with van der Waals surface area (Å²) in [6.07, 6.45) is 13.3. The summed E-state index contributed by atoms with van der Waals surface area (Å²) in [6, 6.07) is 0. The fourth-order valence-electron chi connectivity index (χ4n) is 5.04. The number of aliphatic hydroxyl groups is 1. The third-order valence-corrected chi connectivity index (χ3v) is 6.22. The SMILES string of the molecule is CCCCCNC(=O)[C@H]1C[C@H]2[C@H]3CCC[C@H](O)[C@@H]3C=C[C@H]2C1. The molecule has 0 aliphatic heterocycles. The van der Waals surface area contributed by atoms with Gasteiger partial charge in [0, 0.05) is 18.4 Å². The zero-order valence-electron chi connectivity index (χ0n) is 13.8. The topological polar surface area (TPSA) is 49.3 Å². The van der Waals surface area contributed by atoms with Crippen molar-refractivity contribution in [3.63, 3.8) is 0 Å². The molecule has 0 spiro atoms. The van der Waals surface area contributed by atoms with Crippen LogP contribution in [-0.2, 0) is 4.79 Å². The largest absolute Gasteiger partial charge is 0.393 e. The predicted octanol–water partition coefficient (Wildman–Crippen LogP) is 3.28. The molecule has 0 radical (unpaired) electrons. The molecular weight excluding hydrogens is 274 g/mol. The highest BCUT2D eigenvalue weighted by Gasteiger charge is 2.46. The van der Waals surface area contributed by atoms with Crippen LogP contribution >= 0.6 is 0 Å². The molecule has 3 heteroatoms. The van der Waals surface area contributed by atoms with Crippen LogP contribution in [0.1, 0.15) is 58.3 Å². The van der Waals surface area contributed by atoms with Crippen molar-refractivity contribution in [2.24, 2.45) is 29.6 Å². The highest BCUT2D eigenvalue weighted by atomic mass is 16.3. The summed E-state index contributed by atoms with van der Waals surface area (Å²) < 4.78 is 0. The molecule has 6 atom stereocenters. The number of allylic oxidation sites excluding steroid dienone is 1. The maximum atomic E-state index is 12.4. The van der Waals surface area contributed by atoms with E-state index in [1.165, 1.54) is 19.3 Å². The van der Waals surface area contributed by atoms with Crippen molar-refractivity contribution in [3.05, 3.63) is 12.2 Å².